The van der Waals surface area contributed by atoms with Crippen LogP contribution in [-0.2, 0) is 28.8 Å². The maximum absolute atomic E-state index is 8.93. The number of carbonyl (C=O) groups excluding carboxylic acids is 6. The largest absolute Gasteiger partial charge is 3.00 e. The zero-order chi connectivity index (χ0) is 15.5. The molecule has 0 aliphatic heterocycles. The van der Waals surface area contributed by atoms with Crippen molar-refractivity contribution < 1.29 is 140 Å². The van der Waals surface area contributed by atoms with Gasteiger partial charge in [-0.05, 0) is 0 Å². The zero-order valence-corrected chi connectivity index (χ0v) is 12.9. The van der Waals surface area contributed by atoms with Gasteiger partial charge in [-0.15, -0.1) is 0 Å². The van der Waals surface area contributed by atoms with Crippen LogP contribution in [-0.4, -0.2) is 41.3 Å². The second kappa shape index (κ2) is 21.6. The van der Waals surface area contributed by atoms with Gasteiger partial charge in [0.25, 0.3) is 0 Å². The molecule has 0 aromatic carbocycles. The monoisotopic (exact) mass is 612 g/mol. The number of carbonyl (C=O) groups is 6. The molecule has 0 aromatic rings. The van der Waals surface area contributed by atoms with E-state index >= 15 is 0 Å². The molecule has 0 aliphatic carbocycles. The van der Waals surface area contributed by atoms with Crippen LogP contribution in [0.15, 0.2) is 0 Å². The average molecular weight is 612 g/mol. The molecule has 0 amide bonds. The third-order valence-electron chi connectivity index (χ3n) is 0.500. The Morgan fingerprint density at radius 2 is 0.429 bits per heavy atom. The van der Waals surface area contributed by atoms with E-state index in [1.165, 1.54) is 0 Å². The maximum Gasteiger partial charge on any atom is 3.00 e. The molecule has 15 heteroatoms. The van der Waals surface area contributed by atoms with Crippen molar-refractivity contribution >= 4 is 35.8 Å². The number of hydrogen-bond donors (Lipinski definition) is 0. The van der Waals surface area contributed by atoms with Crippen LogP contribution in [0.5, 0.6) is 0 Å². The number of rotatable bonds is 0. The van der Waals surface area contributed by atoms with Gasteiger partial charge in [0, 0.05) is 0 Å². The van der Waals surface area contributed by atoms with Crippen LogP contribution in [0, 0.1) is 75.5 Å². The van der Waals surface area contributed by atoms with Crippen molar-refractivity contribution in [2.75, 3.05) is 0 Å². The van der Waals surface area contributed by atoms with Crippen LogP contribution >= 0.6 is 0 Å². The van der Waals surface area contributed by atoms with Crippen molar-refractivity contribution in [3.63, 3.8) is 0 Å². The number of carboxylic acids is 6. The Kier molecular flexibility index (Phi) is 38.0. The van der Waals surface area contributed by atoms with E-state index in [2.05, 4.69) is 0 Å². The van der Waals surface area contributed by atoms with Gasteiger partial charge in [0.05, 0.1) is 35.8 Å². The van der Waals surface area contributed by atoms with Gasteiger partial charge in [0.15, 0.2) is 0 Å². The number of carboxylic acid groups (broad SMARTS) is 6. The molecule has 0 rings (SSSR count). The minimum atomic E-state index is -2.19. The zero-order valence-electron chi connectivity index (χ0n) is 9.00. The average Bonchev–Trinajstić information content (AvgIpc) is 2.18. The van der Waals surface area contributed by atoms with E-state index in [1.807, 2.05) is 0 Å². The van der Waals surface area contributed by atoms with E-state index < -0.39 is 35.8 Å². The fourth-order valence-electron chi connectivity index (χ4n) is 0. The van der Waals surface area contributed by atoms with Crippen LogP contribution < -0.4 is 30.6 Å². The molecule has 0 aromatic heterocycles. The number of aliphatic carboxylic acids is 6. The molecule has 2 N–H and O–H groups in total. The molecule has 21 heavy (non-hydrogen) atoms. The predicted octanol–water partition coefficient (Wildman–Crippen LogP) is -11.4. The van der Waals surface area contributed by atoms with Gasteiger partial charge >= 0.3 is 75.5 Å². The summed E-state index contributed by atoms with van der Waals surface area (Å²) in [5.41, 5.74) is 0. The molecule has 13 nitrogen and oxygen atoms in total. The van der Waals surface area contributed by atoms with Crippen molar-refractivity contribution in [3.05, 3.63) is 0 Å². The van der Waals surface area contributed by atoms with Gasteiger partial charge in [-0.1, -0.05) is 0 Å². The van der Waals surface area contributed by atoms with Crippen LogP contribution in [0.2, 0.25) is 0 Å². The summed E-state index contributed by atoms with van der Waals surface area (Å²) >= 11 is 0. The van der Waals surface area contributed by atoms with Gasteiger partial charge in [0.2, 0.25) is 0 Å². The summed E-state index contributed by atoms with van der Waals surface area (Å²) in [5, 5.41) is 53.6. The molecule has 0 atom stereocenters. The normalized spacial score (nSPS) is 6.29. The first-order chi connectivity index (χ1) is 7.93. The molecular formula is C6H2Ho2O13. The van der Waals surface area contributed by atoms with E-state index in [-0.39, 0.29) is 81.0 Å². The smallest absolute Gasteiger partial charge is 0.543 e. The predicted molar refractivity (Wildman–Crippen MR) is 33.7 cm³/mol. The summed E-state index contributed by atoms with van der Waals surface area (Å²) in [4.78, 5) is 53.6. The van der Waals surface area contributed by atoms with Crippen LogP contribution in [0.25, 0.3) is 0 Å². The molecule has 0 unspecified atom stereocenters. The Balaban J connectivity index is -0.0000000375. The second-order valence-corrected chi connectivity index (χ2v) is 1.72. The molecule has 126 valence electrons. The maximum atomic E-state index is 8.93. The fraction of sp³-hybridized carbons (Fsp3) is 0. The molecular weight excluding hydrogens is 610 g/mol. The van der Waals surface area contributed by atoms with Crippen molar-refractivity contribution in [2.24, 2.45) is 0 Å². The Morgan fingerprint density at radius 1 is 0.381 bits per heavy atom. The standard InChI is InChI=1S/3C2H2O4.2Ho.H2O/c3*3-1(4)2(5)6;;;/h3*(H,3,4)(H,5,6);;;1H2/q;;;2*+3;/p-6. The van der Waals surface area contributed by atoms with Gasteiger partial charge in [0.1, 0.15) is 0 Å². The van der Waals surface area contributed by atoms with Gasteiger partial charge < -0.3 is 64.9 Å². The first kappa shape index (κ1) is 37.0. The minimum absolute atomic E-state index is 0. The summed E-state index contributed by atoms with van der Waals surface area (Å²) in [6.07, 6.45) is 0. The Morgan fingerprint density at radius 3 is 0.429 bits per heavy atom. The molecule has 0 heterocycles. The van der Waals surface area contributed by atoms with E-state index in [0.29, 0.717) is 0 Å². The van der Waals surface area contributed by atoms with E-state index in [0.717, 1.165) is 0 Å². The van der Waals surface area contributed by atoms with E-state index in [1.54, 1.807) is 0 Å². The first-order valence-electron chi connectivity index (χ1n) is 3.20. The summed E-state index contributed by atoms with van der Waals surface area (Å²) < 4.78 is 0. The van der Waals surface area contributed by atoms with Crippen LogP contribution in [0.3, 0.4) is 0 Å². The van der Waals surface area contributed by atoms with E-state index in [9.17, 15) is 0 Å². The van der Waals surface area contributed by atoms with Gasteiger partial charge in [-0.2, -0.15) is 0 Å². The molecule has 0 bridgehead atoms. The van der Waals surface area contributed by atoms with Crippen molar-refractivity contribution in [3.8, 4) is 0 Å². The van der Waals surface area contributed by atoms with Crippen molar-refractivity contribution in [1.82, 2.24) is 0 Å². The van der Waals surface area contributed by atoms with Crippen LogP contribution in [0.4, 0.5) is 0 Å². The third-order valence-corrected chi connectivity index (χ3v) is 0.500. The summed E-state index contributed by atoms with van der Waals surface area (Å²) in [7, 11) is 0. The second-order valence-electron chi connectivity index (χ2n) is 1.72. The Labute approximate surface area is 174 Å². The quantitative estimate of drug-likeness (QED) is 0.182. The number of hydrogen-bond acceptors (Lipinski definition) is 12. The Bertz CT molecular complexity index is 282. The van der Waals surface area contributed by atoms with Crippen molar-refractivity contribution in [1.29, 1.82) is 0 Å². The molecule has 0 spiro atoms. The van der Waals surface area contributed by atoms with Crippen LogP contribution in [0.1, 0.15) is 0 Å². The van der Waals surface area contributed by atoms with E-state index in [4.69, 9.17) is 59.4 Å². The fourth-order valence-corrected chi connectivity index (χ4v) is 0. The SMILES string of the molecule is O.O=C([O-])C(=O)[O-].O=C([O-])C(=O)[O-].O=C([O-])C(=O)[O-].[Ho+3].[Ho+3]. The summed E-state index contributed by atoms with van der Waals surface area (Å²) in [5.74, 6) is -13.1. The minimum Gasteiger partial charge on any atom is -0.543 e. The third kappa shape index (κ3) is 45.2. The van der Waals surface area contributed by atoms with Gasteiger partial charge in [-0.25, -0.2) is 0 Å². The molecule has 0 saturated heterocycles. The van der Waals surface area contributed by atoms with Crippen molar-refractivity contribution in [2.45, 2.75) is 0 Å². The summed E-state index contributed by atoms with van der Waals surface area (Å²) in [6.45, 7) is 0. The first-order valence-corrected chi connectivity index (χ1v) is 3.20. The van der Waals surface area contributed by atoms with Gasteiger partial charge in [-0.3, -0.25) is 0 Å². The molecule has 0 saturated carbocycles. The molecule has 0 radical (unpaired) electrons. The molecule has 0 fully saturated rings. The topological polar surface area (TPSA) is 272 Å². The molecule has 0 aliphatic rings. The summed E-state index contributed by atoms with van der Waals surface area (Å²) in [6, 6.07) is 0. The Hall–Kier alpha value is -0.701.